The van der Waals surface area contributed by atoms with Gasteiger partial charge in [0.2, 0.25) is 0 Å². The number of amides is 2. The molecule has 2 aromatic heterocycles. The van der Waals surface area contributed by atoms with Crippen LogP contribution in [0.1, 0.15) is 0 Å². The maximum Gasteiger partial charge on any atom is 0.331 e. The molecule has 3 N–H and O–H groups in total. The van der Waals surface area contributed by atoms with Gasteiger partial charge in [-0.15, -0.1) is 0 Å². The first kappa shape index (κ1) is 16.1. The van der Waals surface area contributed by atoms with Gasteiger partial charge in [-0.1, -0.05) is 28.1 Å². The summed E-state index contributed by atoms with van der Waals surface area (Å²) < 4.78 is 4.53. The summed E-state index contributed by atoms with van der Waals surface area (Å²) in [6.07, 6.45) is 1.50. The maximum atomic E-state index is 12.7. The Morgan fingerprint density at radius 2 is 1.92 bits per heavy atom. The Hall–Kier alpha value is -2.81. The van der Waals surface area contributed by atoms with Gasteiger partial charge in [-0.05, 0) is 12.1 Å². The molecule has 2 amide bonds. The van der Waals surface area contributed by atoms with Crippen LogP contribution in [0.25, 0.3) is 22.2 Å². The van der Waals surface area contributed by atoms with E-state index in [9.17, 15) is 14.4 Å². The summed E-state index contributed by atoms with van der Waals surface area (Å²) in [4.78, 5) is 36.1. The highest BCUT2D eigenvalue weighted by molar-refractivity contribution is 9.10. The van der Waals surface area contributed by atoms with Gasteiger partial charge in [-0.3, -0.25) is 18.6 Å². The third-order valence-electron chi connectivity index (χ3n) is 3.77. The van der Waals surface area contributed by atoms with E-state index in [1.165, 1.54) is 22.5 Å². The van der Waals surface area contributed by atoms with E-state index in [2.05, 4.69) is 21.4 Å². The smallest absolute Gasteiger partial charge is 0.331 e. The largest absolute Gasteiger partial charge is 0.350 e. The number of benzene rings is 1. The molecule has 2 heterocycles. The lowest BCUT2D eigenvalue weighted by Gasteiger charge is -2.10. The van der Waals surface area contributed by atoms with Gasteiger partial charge in [-0.25, -0.2) is 15.0 Å². The zero-order chi connectivity index (χ0) is 17.6. The van der Waals surface area contributed by atoms with Gasteiger partial charge >= 0.3 is 11.7 Å². The van der Waals surface area contributed by atoms with E-state index in [-0.39, 0.29) is 0 Å². The Balaban J connectivity index is 2.51. The second kappa shape index (κ2) is 5.68. The fourth-order valence-corrected chi connectivity index (χ4v) is 3.07. The molecule has 0 saturated heterocycles. The van der Waals surface area contributed by atoms with Crippen molar-refractivity contribution in [2.24, 2.45) is 19.8 Å². The second-order valence-electron chi connectivity index (χ2n) is 5.30. The van der Waals surface area contributed by atoms with Crippen LogP contribution in [0.15, 0.2) is 44.5 Å². The van der Waals surface area contributed by atoms with E-state index >= 15 is 0 Å². The Bertz CT molecular complexity index is 1090. The predicted octanol–water partition coefficient (Wildman–Crippen LogP) is 1.09. The summed E-state index contributed by atoms with van der Waals surface area (Å²) in [5.41, 5.74) is 8.30. The van der Waals surface area contributed by atoms with Crippen LogP contribution < -0.4 is 22.4 Å². The molecule has 8 nitrogen and oxygen atoms in total. The number of nitrogens with two attached hydrogens (primary N) is 1. The molecular weight excluding hydrogens is 378 g/mol. The third-order valence-corrected chi connectivity index (χ3v) is 4.26. The molecule has 3 rings (SSSR count). The predicted molar refractivity (Wildman–Crippen MR) is 94.5 cm³/mol. The number of halogens is 1. The molecule has 1 aromatic carbocycles. The molecule has 9 heteroatoms. The van der Waals surface area contributed by atoms with E-state index < -0.39 is 17.3 Å². The maximum absolute atomic E-state index is 12.7. The van der Waals surface area contributed by atoms with Gasteiger partial charge < -0.3 is 5.73 Å². The van der Waals surface area contributed by atoms with Crippen molar-refractivity contribution in [3.05, 3.63) is 55.8 Å². The molecule has 0 fully saturated rings. The minimum absolute atomic E-state index is 0.312. The third kappa shape index (κ3) is 2.42. The first-order valence-corrected chi connectivity index (χ1v) is 7.74. The highest BCUT2D eigenvalue weighted by Gasteiger charge is 2.20. The monoisotopic (exact) mass is 391 g/mol. The van der Waals surface area contributed by atoms with Gasteiger partial charge in [0.15, 0.2) is 0 Å². The molecule has 0 spiro atoms. The van der Waals surface area contributed by atoms with Crippen LogP contribution in [0.4, 0.5) is 4.79 Å². The van der Waals surface area contributed by atoms with Crippen molar-refractivity contribution in [1.82, 2.24) is 13.8 Å². The molecule has 124 valence electrons. The van der Waals surface area contributed by atoms with Crippen molar-refractivity contribution < 1.29 is 4.79 Å². The number of carbonyl (C=O) groups excluding carboxylic acids is 1. The van der Waals surface area contributed by atoms with Crippen molar-refractivity contribution in [3.8, 4) is 11.3 Å². The van der Waals surface area contributed by atoms with Gasteiger partial charge in [0.1, 0.15) is 0 Å². The van der Waals surface area contributed by atoms with Gasteiger partial charge in [0.05, 0.1) is 22.8 Å². The summed E-state index contributed by atoms with van der Waals surface area (Å²) in [5.74, 6) is 0. The van der Waals surface area contributed by atoms with Gasteiger partial charge in [-0.2, -0.15) is 0 Å². The Morgan fingerprint density at radius 1 is 1.21 bits per heavy atom. The van der Waals surface area contributed by atoms with E-state index in [1.807, 2.05) is 6.07 Å². The summed E-state index contributed by atoms with van der Waals surface area (Å²) in [7, 11) is 2.97. The second-order valence-corrected chi connectivity index (χ2v) is 6.22. The van der Waals surface area contributed by atoms with E-state index in [1.54, 1.807) is 25.2 Å². The summed E-state index contributed by atoms with van der Waals surface area (Å²) in [6.45, 7) is 0. The normalized spacial score (nSPS) is 11.0. The quantitative estimate of drug-likeness (QED) is 0.682. The molecule has 0 aliphatic rings. The summed E-state index contributed by atoms with van der Waals surface area (Å²) >= 11 is 3.39. The van der Waals surface area contributed by atoms with Crippen molar-refractivity contribution in [1.29, 1.82) is 0 Å². The lowest BCUT2D eigenvalue weighted by Crippen LogP contribution is -2.36. The SMILES string of the molecule is Cn1c(=O)c2c(-c3cccc(Br)c3)n(NC(N)=O)cc2n(C)c1=O. The highest BCUT2D eigenvalue weighted by Crippen LogP contribution is 2.29. The summed E-state index contributed by atoms with van der Waals surface area (Å²) in [6, 6.07) is 6.46. The fraction of sp³-hybridized carbons (Fsp3) is 0.133. The zero-order valence-electron chi connectivity index (χ0n) is 12.9. The Labute approximate surface area is 144 Å². The van der Waals surface area contributed by atoms with Crippen LogP contribution in [0.3, 0.4) is 0 Å². The van der Waals surface area contributed by atoms with Crippen molar-refractivity contribution >= 4 is 32.9 Å². The van der Waals surface area contributed by atoms with Crippen molar-refractivity contribution in [2.45, 2.75) is 0 Å². The Kier molecular flexibility index (Phi) is 3.80. The number of rotatable bonds is 2. The number of hydrogen-bond acceptors (Lipinski definition) is 3. The molecule has 0 aliphatic carbocycles. The standard InChI is InChI=1S/C15H14BrN5O3/c1-19-10-7-21(18-14(17)23)12(8-4-3-5-9(16)6-8)11(10)13(22)20(2)15(19)24/h3-7H,1-2H3,(H3,17,18,23). The molecular formula is C15H14BrN5O3. The number of hydrogen-bond donors (Lipinski definition) is 2. The molecule has 0 aliphatic heterocycles. The molecule has 0 bridgehead atoms. The minimum atomic E-state index is -0.784. The number of primary amides is 1. The van der Waals surface area contributed by atoms with Crippen LogP contribution in [-0.2, 0) is 14.1 Å². The van der Waals surface area contributed by atoms with Crippen LogP contribution in [-0.4, -0.2) is 19.8 Å². The van der Waals surface area contributed by atoms with Gasteiger partial charge in [0.25, 0.3) is 5.56 Å². The van der Waals surface area contributed by atoms with E-state index in [0.717, 1.165) is 9.04 Å². The first-order valence-electron chi connectivity index (χ1n) is 6.94. The number of nitrogens with one attached hydrogen (secondary N) is 1. The molecule has 3 aromatic rings. The average molecular weight is 392 g/mol. The molecule has 24 heavy (non-hydrogen) atoms. The number of fused-ring (bicyclic) bond motifs is 1. The summed E-state index contributed by atoms with van der Waals surface area (Å²) in [5, 5.41) is 0.312. The highest BCUT2D eigenvalue weighted by atomic mass is 79.9. The first-order chi connectivity index (χ1) is 11.3. The van der Waals surface area contributed by atoms with E-state index in [0.29, 0.717) is 22.2 Å². The number of aryl methyl sites for hydroxylation is 1. The number of carbonyl (C=O) groups is 1. The van der Waals surface area contributed by atoms with Crippen LogP contribution in [0.2, 0.25) is 0 Å². The Morgan fingerprint density at radius 3 is 2.54 bits per heavy atom. The van der Waals surface area contributed by atoms with E-state index in [4.69, 9.17) is 5.73 Å². The van der Waals surface area contributed by atoms with Gasteiger partial charge in [0, 0.05) is 24.1 Å². The van der Waals surface area contributed by atoms with Crippen molar-refractivity contribution in [3.63, 3.8) is 0 Å². The molecule has 0 atom stereocenters. The number of urea groups is 1. The van der Waals surface area contributed by atoms with Crippen LogP contribution in [0, 0.1) is 0 Å². The zero-order valence-corrected chi connectivity index (χ0v) is 14.5. The minimum Gasteiger partial charge on any atom is -0.350 e. The molecule has 0 unspecified atom stereocenters. The lowest BCUT2D eigenvalue weighted by molar-refractivity contribution is 0.257. The van der Waals surface area contributed by atoms with Crippen LogP contribution in [0.5, 0.6) is 0 Å². The average Bonchev–Trinajstić information content (AvgIpc) is 2.89. The molecule has 0 saturated carbocycles. The number of nitrogens with zero attached hydrogens (tertiary/aromatic N) is 3. The topological polar surface area (TPSA) is 104 Å². The molecule has 0 radical (unpaired) electrons. The number of aromatic nitrogens is 3. The van der Waals surface area contributed by atoms with Crippen LogP contribution >= 0.6 is 15.9 Å². The van der Waals surface area contributed by atoms with Crippen molar-refractivity contribution in [2.75, 3.05) is 5.43 Å². The fourth-order valence-electron chi connectivity index (χ4n) is 2.67. The lowest BCUT2D eigenvalue weighted by atomic mass is 10.1.